The number of ether oxygens (including phenoxy) is 2. The Morgan fingerprint density at radius 3 is 2.55 bits per heavy atom. The fourth-order valence-electron chi connectivity index (χ4n) is 3.08. The van der Waals surface area contributed by atoms with Gasteiger partial charge in [0.1, 0.15) is 29.3 Å². The van der Waals surface area contributed by atoms with E-state index in [-0.39, 0.29) is 24.4 Å². The molecule has 0 saturated heterocycles. The third-order valence-electron chi connectivity index (χ3n) is 4.67. The van der Waals surface area contributed by atoms with Crippen molar-refractivity contribution in [3.05, 3.63) is 80.8 Å². The van der Waals surface area contributed by atoms with Crippen LogP contribution in [0.3, 0.4) is 0 Å². The van der Waals surface area contributed by atoms with Gasteiger partial charge in [-0.05, 0) is 18.2 Å². The number of benzene rings is 2. The van der Waals surface area contributed by atoms with Gasteiger partial charge in [0.25, 0.3) is 0 Å². The van der Waals surface area contributed by atoms with E-state index < -0.39 is 28.0 Å². The van der Waals surface area contributed by atoms with Crippen molar-refractivity contribution in [1.82, 2.24) is 10.6 Å². The van der Waals surface area contributed by atoms with Gasteiger partial charge in [0, 0.05) is 30.2 Å². The molecule has 3 rings (SSSR count). The molecule has 0 fully saturated rings. The van der Waals surface area contributed by atoms with Crippen LogP contribution in [0.15, 0.2) is 52.9 Å². The number of aliphatic imine (C=N–C) groups is 1. The molecular formula is C20H21F2N5O4. The molecule has 4 N–H and O–H groups in total. The first kappa shape index (κ1) is 22.0. The highest BCUT2D eigenvalue weighted by molar-refractivity contribution is 5.77. The van der Waals surface area contributed by atoms with Gasteiger partial charge in [0.05, 0.1) is 19.1 Å². The van der Waals surface area contributed by atoms with E-state index in [2.05, 4.69) is 15.6 Å². The van der Waals surface area contributed by atoms with Gasteiger partial charge < -0.3 is 20.1 Å². The highest BCUT2D eigenvalue weighted by Gasteiger charge is 2.34. The number of nitrogens with one attached hydrogen (secondary N) is 2. The molecule has 2 aromatic rings. The second-order valence-corrected chi connectivity index (χ2v) is 6.73. The van der Waals surface area contributed by atoms with E-state index in [1.54, 1.807) is 18.2 Å². The zero-order valence-corrected chi connectivity index (χ0v) is 16.8. The Bertz CT molecular complexity index is 1040. The predicted molar refractivity (Wildman–Crippen MR) is 109 cm³/mol. The second kappa shape index (κ2) is 8.96. The van der Waals surface area contributed by atoms with Crippen LogP contribution < -0.4 is 25.8 Å². The lowest BCUT2D eigenvalue weighted by Crippen LogP contribution is -2.57. The predicted octanol–water partition coefficient (Wildman–Crippen LogP) is 2.05. The summed E-state index contributed by atoms with van der Waals surface area (Å²) in [4.78, 5) is 14.8. The SMILES string of the molecule is COc1ccc(CC2(N)N=CC([N+](=O)[O-])=C(NCc3c(F)cccc3F)N2)c(OC)c1. The summed E-state index contributed by atoms with van der Waals surface area (Å²) in [5, 5.41) is 16.8. The molecule has 9 nitrogen and oxygen atoms in total. The lowest BCUT2D eigenvalue weighted by molar-refractivity contribution is -0.416. The van der Waals surface area contributed by atoms with Gasteiger partial charge in [-0.25, -0.2) is 13.8 Å². The standard InChI is InChI=1S/C20H21F2N5O4/c1-30-13-7-6-12(18(8-13)31-2)9-20(23)25-11-17(27(28)29)19(26-20)24-10-14-15(21)4-3-5-16(14)22/h3-8,11,24,26H,9-10,23H2,1-2H3. The molecule has 11 heteroatoms. The lowest BCUT2D eigenvalue weighted by atomic mass is 10.0. The molecule has 2 aromatic carbocycles. The number of allylic oxidation sites excluding steroid dienone is 1. The number of nitrogens with two attached hydrogens (primary N) is 1. The van der Waals surface area contributed by atoms with Gasteiger partial charge in [-0.3, -0.25) is 15.8 Å². The van der Waals surface area contributed by atoms with E-state index in [9.17, 15) is 18.9 Å². The van der Waals surface area contributed by atoms with E-state index in [0.717, 1.165) is 18.3 Å². The number of nitro groups is 1. The summed E-state index contributed by atoms with van der Waals surface area (Å²) in [7, 11) is 3.01. The van der Waals surface area contributed by atoms with Crippen LogP contribution in [0, 0.1) is 21.7 Å². The Balaban J connectivity index is 1.84. The third kappa shape index (κ3) is 4.89. The Kier molecular flexibility index (Phi) is 6.35. The Labute approximate surface area is 176 Å². The zero-order chi connectivity index (χ0) is 22.6. The van der Waals surface area contributed by atoms with Gasteiger partial charge in [-0.15, -0.1) is 0 Å². The van der Waals surface area contributed by atoms with Crippen LogP contribution in [0.25, 0.3) is 0 Å². The summed E-state index contributed by atoms with van der Waals surface area (Å²) < 4.78 is 38.4. The van der Waals surface area contributed by atoms with Crippen molar-refractivity contribution in [2.75, 3.05) is 14.2 Å². The maximum absolute atomic E-state index is 13.9. The highest BCUT2D eigenvalue weighted by Crippen LogP contribution is 2.28. The van der Waals surface area contributed by atoms with Crippen molar-refractivity contribution >= 4 is 6.21 Å². The summed E-state index contributed by atoms with van der Waals surface area (Å²) in [6.07, 6.45) is 1.10. The van der Waals surface area contributed by atoms with Crippen LogP contribution in [-0.4, -0.2) is 31.1 Å². The number of hydrogen-bond acceptors (Lipinski definition) is 8. The highest BCUT2D eigenvalue weighted by atomic mass is 19.1. The van der Waals surface area contributed by atoms with Crippen molar-refractivity contribution in [3.8, 4) is 11.5 Å². The van der Waals surface area contributed by atoms with Gasteiger partial charge in [-0.2, -0.15) is 0 Å². The number of hydrogen-bond donors (Lipinski definition) is 3. The van der Waals surface area contributed by atoms with Crippen LogP contribution in [0.4, 0.5) is 8.78 Å². The van der Waals surface area contributed by atoms with Gasteiger partial charge in [-0.1, -0.05) is 12.1 Å². The molecule has 164 valence electrons. The minimum absolute atomic E-state index is 0.0981. The van der Waals surface area contributed by atoms with Crippen LogP contribution in [0.5, 0.6) is 11.5 Å². The van der Waals surface area contributed by atoms with Gasteiger partial charge in [0.15, 0.2) is 11.6 Å². The fourth-order valence-corrected chi connectivity index (χ4v) is 3.08. The van der Waals surface area contributed by atoms with Crippen LogP contribution in [-0.2, 0) is 13.0 Å². The molecule has 1 unspecified atom stereocenters. The van der Waals surface area contributed by atoms with Crippen molar-refractivity contribution in [2.24, 2.45) is 10.7 Å². The molecular weight excluding hydrogens is 412 g/mol. The molecule has 1 heterocycles. The van der Waals surface area contributed by atoms with Gasteiger partial charge in [0.2, 0.25) is 0 Å². The number of methoxy groups -OCH3 is 2. The molecule has 0 aliphatic carbocycles. The lowest BCUT2D eigenvalue weighted by Gasteiger charge is -2.31. The maximum atomic E-state index is 13.9. The largest absolute Gasteiger partial charge is 0.497 e. The molecule has 0 amide bonds. The van der Waals surface area contributed by atoms with Crippen molar-refractivity contribution in [2.45, 2.75) is 18.8 Å². The molecule has 1 aliphatic rings. The zero-order valence-electron chi connectivity index (χ0n) is 16.8. The normalized spacial score (nSPS) is 17.8. The Hall–Kier alpha value is -3.73. The fraction of sp³-hybridized carbons (Fsp3) is 0.250. The van der Waals surface area contributed by atoms with Crippen LogP contribution >= 0.6 is 0 Å². The van der Waals surface area contributed by atoms with Crippen LogP contribution in [0.2, 0.25) is 0 Å². The van der Waals surface area contributed by atoms with E-state index in [0.29, 0.717) is 17.1 Å². The van der Waals surface area contributed by atoms with Crippen molar-refractivity contribution in [3.63, 3.8) is 0 Å². The van der Waals surface area contributed by atoms with E-state index in [1.165, 1.54) is 20.3 Å². The van der Waals surface area contributed by atoms with Gasteiger partial charge >= 0.3 is 5.70 Å². The van der Waals surface area contributed by atoms with E-state index in [4.69, 9.17) is 15.2 Å². The van der Waals surface area contributed by atoms with E-state index in [1.807, 2.05) is 0 Å². The Morgan fingerprint density at radius 2 is 1.94 bits per heavy atom. The average Bonchev–Trinajstić information content (AvgIpc) is 2.73. The minimum atomic E-state index is -1.47. The average molecular weight is 433 g/mol. The summed E-state index contributed by atoms with van der Waals surface area (Å²) in [6.45, 7) is -0.339. The molecule has 1 atom stereocenters. The molecule has 0 saturated carbocycles. The van der Waals surface area contributed by atoms with Crippen LogP contribution in [0.1, 0.15) is 11.1 Å². The monoisotopic (exact) mass is 433 g/mol. The van der Waals surface area contributed by atoms with Crippen molar-refractivity contribution < 1.29 is 23.2 Å². The molecule has 31 heavy (non-hydrogen) atoms. The molecule has 0 spiro atoms. The summed E-state index contributed by atoms with van der Waals surface area (Å²) in [5.41, 5.74) is 6.31. The molecule has 0 aromatic heterocycles. The summed E-state index contributed by atoms with van der Waals surface area (Å²) >= 11 is 0. The maximum Gasteiger partial charge on any atom is 0.326 e. The smallest absolute Gasteiger partial charge is 0.326 e. The van der Waals surface area contributed by atoms with E-state index >= 15 is 0 Å². The topological polar surface area (TPSA) is 124 Å². The summed E-state index contributed by atoms with van der Waals surface area (Å²) in [5.74, 6) is -2.07. The third-order valence-corrected chi connectivity index (χ3v) is 4.67. The molecule has 0 radical (unpaired) electrons. The first-order chi connectivity index (χ1) is 14.8. The number of nitrogens with zero attached hydrogens (tertiary/aromatic N) is 2. The first-order valence-corrected chi connectivity index (χ1v) is 9.15. The number of rotatable bonds is 8. The molecule has 1 aliphatic heterocycles. The van der Waals surface area contributed by atoms with Crippen molar-refractivity contribution in [1.29, 1.82) is 0 Å². The first-order valence-electron chi connectivity index (χ1n) is 9.15. The quantitative estimate of drug-likeness (QED) is 0.430. The number of halogens is 2. The second-order valence-electron chi connectivity index (χ2n) is 6.73. The Morgan fingerprint density at radius 1 is 1.23 bits per heavy atom. The molecule has 0 bridgehead atoms. The minimum Gasteiger partial charge on any atom is -0.497 e. The summed E-state index contributed by atoms with van der Waals surface area (Å²) in [6, 6.07) is 8.55.